The molecule has 0 saturated carbocycles. The van der Waals surface area contributed by atoms with Gasteiger partial charge in [0.15, 0.2) is 0 Å². The number of hydrogen-bond acceptors (Lipinski definition) is 7. The molecule has 6 N–H and O–H groups in total. The van der Waals surface area contributed by atoms with Crippen molar-refractivity contribution in [3.63, 3.8) is 0 Å². The van der Waals surface area contributed by atoms with Crippen LogP contribution in [0.2, 0.25) is 0 Å². The monoisotopic (exact) mass is 475 g/mol. The largest absolute Gasteiger partial charge is 0.431 e. The number of hydroxylamine groups is 1. The number of carbonyl (C=O) groups is 1. The van der Waals surface area contributed by atoms with Gasteiger partial charge in [-0.1, -0.05) is 42.5 Å². The Balaban J connectivity index is 0.000000310. The minimum atomic E-state index is -4.37. The summed E-state index contributed by atoms with van der Waals surface area (Å²) in [6, 6.07) is 14.3. The van der Waals surface area contributed by atoms with E-state index >= 15 is 0 Å². The van der Waals surface area contributed by atoms with Gasteiger partial charge in [-0.25, -0.2) is 5.48 Å². The molecule has 180 valence electrons. The fourth-order valence-electron chi connectivity index (χ4n) is 2.41. The third kappa shape index (κ3) is 9.09. The van der Waals surface area contributed by atoms with Crippen molar-refractivity contribution in [3.05, 3.63) is 95.7 Å². The first-order chi connectivity index (χ1) is 16.2. The van der Waals surface area contributed by atoms with Gasteiger partial charge in [0.1, 0.15) is 17.8 Å². The second kappa shape index (κ2) is 12.7. The highest BCUT2D eigenvalue weighted by Gasteiger charge is 2.30. The maximum Gasteiger partial charge on any atom is 0.416 e. The molecule has 0 aliphatic carbocycles. The molecular weight excluding hydrogens is 451 g/mol. The van der Waals surface area contributed by atoms with Crippen LogP contribution < -0.4 is 22.3 Å². The summed E-state index contributed by atoms with van der Waals surface area (Å²) in [5.41, 5.74) is 15.0. The number of benzene rings is 2. The molecule has 0 saturated heterocycles. The Hall–Kier alpha value is -4.25. The van der Waals surface area contributed by atoms with E-state index in [1.807, 2.05) is 30.3 Å². The van der Waals surface area contributed by atoms with E-state index in [2.05, 4.69) is 15.8 Å². The van der Waals surface area contributed by atoms with Crippen LogP contribution in [0, 0.1) is 0 Å². The van der Waals surface area contributed by atoms with Gasteiger partial charge in [0.2, 0.25) is 6.41 Å². The van der Waals surface area contributed by atoms with Crippen LogP contribution in [0.3, 0.4) is 0 Å². The molecule has 1 amide bonds. The average molecular weight is 475 g/mol. The second-order valence-electron chi connectivity index (χ2n) is 6.78. The summed E-state index contributed by atoms with van der Waals surface area (Å²) in [7, 11) is 0. The normalized spacial score (nSPS) is 11.9. The van der Waals surface area contributed by atoms with Crippen molar-refractivity contribution in [3.8, 4) is 11.3 Å². The van der Waals surface area contributed by atoms with Crippen LogP contribution >= 0.6 is 0 Å². The number of carbonyl (C=O) groups excluding carboxylic acids is 1. The molecule has 34 heavy (non-hydrogen) atoms. The molecule has 11 heteroatoms. The van der Waals surface area contributed by atoms with Crippen molar-refractivity contribution in [1.82, 2.24) is 10.5 Å². The van der Waals surface area contributed by atoms with Crippen molar-refractivity contribution in [1.29, 1.82) is 0 Å². The third-order valence-corrected chi connectivity index (χ3v) is 4.00. The predicted molar refractivity (Wildman–Crippen MR) is 121 cm³/mol. The number of nitrogens with zero attached hydrogens (tertiary/aromatic N) is 1. The van der Waals surface area contributed by atoms with Gasteiger partial charge < -0.3 is 15.9 Å². The van der Waals surface area contributed by atoms with Gasteiger partial charge in [0.25, 0.3) is 0 Å². The van der Waals surface area contributed by atoms with Crippen LogP contribution in [-0.2, 0) is 22.4 Å². The molecule has 0 aliphatic rings. The highest BCUT2D eigenvalue weighted by Crippen LogP contribution is 2.31. The number of aromatic nitrogens is 1. The summed E-state index contributed by atoms with van der Waals surface area (Å²) < 4.78 is 42.7. The highest BCUT2D eigenvalue weighted by molar-refractivity contribution is 5.60. The van der Waals surface area contributed by atoms with E-state index in [9.17, 15) is 18.0 Å². The molecule has 2 aromatic carbocycles. The number of anilines is 1. The van der Waals surface area contributed by atoms with E-state index in [0.717, 1.165) is 17.7 Å². The van der Waals surface area contributed by atoms with Crippen molar-refractivity contribution in [2.45, 2.75) is 19.7 Å². The molecule has 1 aromatic heterocycles. The molecule has 0 fully saturated rings. The Labute approximate surface area is 194 Å². The molecule has 0 radical (unpaired) electrons. The zero-order valence-corrected chi connectivity index (χ0v) is 18.2. The number of amides is 1. The number of nitrogens with one attached hydrogen (secondary N) is 2. The molecule has 0 spiro atoms. The lowest BCUT2D eigenvalue weighted by atomic mass is 10.1. The quantitative estimate of drug-likeness (QED) is 0.165. The topological polar surface area (TPSA) is 128 Å². The van der Waals surface area contributed by atoms with Gasteiger partial charge >= 0.3 is 12.2 Å². The van der Waals surface area contributed by atoms with Crippen LogP contribution in [0.1, 0.15) is 18.1 Å². The first kappa shape index (κ1) is 26.0. The summed E-state index contributed by atoms with van der Waals surface area (Å²) in [6.07, 6.45) is 0.591. The lowest BCUT2D eigenvalue weighted by Crippen LogP contribution is -2.10. The van der Waals surface area contributed by atoms with Crippen LogP contribution in [0.5, 0.6) is 0 Å². The predicted octanol–water partition coefficient (Wildman–Crippen LogP) is 4.30. The van der Waals surface area contributed by atoms with E-state index in [0.29, 0.717) is 30.0 Å². The van der Waals surface area contributed by atoms with Crippen molar-refractivity contribution in [2.75, 3.05) is 5.32 Å². The third-order valence-electron chi connectivity index (χ3n) is 4.00. The van der Waals surface area contributed by atoms with Gasteiger partial charge in [-0.15, -0.1) is 0 Å². The SMILES string of the molecule is C/C(N)=C/C=C(\N)Nc1nc(-c2ccc(C(F)(F)F)cc2)co1.O=CNOCc1ccccc1. The van der Waals surface area contributed by atoms with Crippen molar-refractivity contribution >= 4 is 12.4 Å². The maximum atomic E-state index is 12.5. The zero-order valence-electron chi connectivity index (χ0n) is 18.2. The number of oxazole rings is 1. The Morgan fingerprint density at radius 1 is 1.09 bits per heavy atom. The molecule has 3 rings (SSSR count). The smallest absolute Gasteiger partial charge is 0.416 e. The van der Waals surface area contributed by atoms with Gasteiger partial charge in [-0.05, 0) is 36.8 Å². The molecule has 8 nitrogen and oxygen atoms in total. The minimum Gasteiger partial charge on any atom is -0.431 e. The first-order valence-corrected chi connectivity index (χ1v) is 9.83. The van der Waals surface area contributed by atoms with E-state index in [-0.39, 0.29) is 11.8 Å². The van der Waals surface area contributed by atoms with Crippen LogP contribution in [0.15, 0.2) is 88.9 Å². The summed E-state index contributed by atoms with van der Waals surface area (Å²) in [5.74, 6) is 0.260. The number of rotatable bonds is 8. The molecule has 1 heterocycles. The average Bonchev–Trinajstić information content (AvgIpc) is 3.27. The summed E-state index contributed by atoms with van der Waals surface area (Å²) in [6.45, 7) is 2.11. The van der Waals surface area contributed by atoms with Gasteiger partial charge in [0.05, 0.1) is 12.2 Å². The van der Waals surface area contributed by atoms with Crippen LogP contribution in [-0.4, -0.2) is 11.4 Å². The Bertz CT molecular complexity index is 1090. The Morgan fingerprint density at radius 2 is 1.76 bits per heavy atom. The number of alkyl halides is 3. The van der Waals surface area contributed by atoms with E-state index in [1.54, 1.807) is 13.0 Å². The van der Waals surface area contributed by atoms with Crippen molar-refractivity contribution in [2.24, 2.45) is 11.5 Å². The number of halogens is 3. The Morgan fingerprint density at radius 3 is 2.35 bits per heavy atom. The number of nitrogens with two attached hydrogens (primary N) is 2. The van der Waals surface area contributed by atoms with Crippen molar-refractivity contribution < 1.29 is 27.2 Å². The second-order valence-corrected chi connectivity index (χ2v) is 6.78. The molecule has 0 atom stereocenters. The van der Waals surface area contributed by atoms with E-state index in [1.165, 1.54) is 24.5 Å². The van der Waals surface area contributed by atoms with Gasteiger partial charge in [-0.2, -0.15) is 18.2 Å². The summed E-state index contributed by atoms with van der Waals surface area (Å²) >= 11 is 0. The zero-order chi connectivity index (χ0) is 25.0. The highest BCUT2D eigenvalue weighted by atomic mass is 19.4. The molecule has 0 bridgehead atoms. The molecule has 0 aliphatic heterocycles. The summed E-state index contributed by atoms with van der Waals surface area (Å²) in [5, 5.41) is 2.70. The summed E-state index contributed by atoms with van der Waals surface area (Å²) in [4.78, 5) is 18.6. The molecular formula is C23H24F3N5O3. The van der Waals surface area contributed by atoms with Gasteiger partial charge in [0, 0.05) is 11.3 Å². The van der Waals surface area contributed by atoms with Crippen LogP contribution in [0.25, 0.3) is 11.3 Å². The van der Waals surface area contributed by atoms with E-state index < -0.39 is 11.7 Å². The minimum absolute atomic E-state index is 0.122. The van der Waals surface area contributed by atoms with E-state index in [4.69, 9.17) is 20.7 Å². The maximum absolute atomic E-state index is 12.5. The number of hydrogen-bond donors (Lipinski definition) is 4. The number of allylic oxidation sites excluding steroid dienone is 3. The first-order valence-electron chi connectivity index (χ1n) is 9.83. The fourth-order valence-corrected chi connectivity index (χ4v) is 2.41. The van der Waals surface area contributed by atoms with Crippen LogP contribution in [0.4, 0.5) is 19.2 Å². The fraction of sp³-hybridized carbons (Fsp3) is 0.130. The standard InChI is InChI=1S/C15H15F3N4O.C8H9NO2/c1-9(19)2-7-13(20)22-14-21-12(8-23-14)10-3-5-11(6-4-10)15(16,17)18;10-7-9-11-6-8-4-2-1-3-5-8/h2-8H,19-20H2,1H3,(H,21,22);1-5,7H,6H2,(H,9,10)/b9-2-,13-7+;. The lowest BCUT2D eigenvalue weighted by molar-refractivity contribution is -0.137. The molecule has 3 aromatic rings. The van der Waals surface area contributed by atoms with Gasteiger partial charge in [-0.3, -0.25) is 14.9 Å². The lowest BCUT2D eigenvalue weighted by Gasteiger charge is -2.06. The Kier molecular flexibility index (Phi) is 9.72. The molecule has 0 unspecified atom stereocenters.